The SMILES string of the molecule is Cc1ccc2c(c1)c1ccccc1n2-c1ccc2sc3ccc(-c4cccc(-c5ccc6sc7ccccc7c6c5)c4)cc3c2c1. The van der Waals surface area contributed by atoms with Gasteiger partial charge in [-0.2, -0.15) is 0 Å². The van der Waals surface area contributed by atoms with Gasteiger partial charge in [0.25, 0.3) is 0 Å². The van der Waals surface area contributed by atoms with Crippen molar-refractivity contribution in [1.82, 2.24) is 4.57 Å². The normalized spacial score (nSPS) is 12.0. The fourth-order valence-corrected chi connectivity index (χ4v) is 9.39. The zero-order valence-electron chi connectivity index (χ0n) is 25.1. The monoisotopic (exact) mass is 621 g/mol. The lowest BCUT2D eigenvalue weighted by Gasteiger charge is -2.09. The van der Waals surface area contributed by atoms with Crippen LogP contribution in [0.25, 0.3) is 90.1 Å². The summed E-state index contributed by atoms with van der Waals surface area (Å²) in [5.41, 5.74) is 9.96. The third-order valence-corrected chi connectivity index (χ3v) is 11.7. The van der Waals surface area contributed by atoms with Crippen LogP contribution >= 0.6 is 22.7 Å². The quantitative estimate of drug-likeness (QED) is 0.185. The second kappa shape index (κ2) is 9.89. The molecule has 0 unspecified atom stereocenters. The fourth-order valence-electron chi connectivity index (χ4n) is 7.23. The first-order chi connectivity index (χ1) is 22.7. The van der Waals surface area contributed by atoms with Gasteiger partial charge in [0.2, 0.25) is 0 Å². The molecule has 3 heterocycles. The van der Waals surface area contributed by atoms with E-state index in [0.717, 1.165) is 0 Å². The topological polar surface area (TPSA) is 4.93 Å². The summed E-state index contributed by atoms with van der Waals surface area (Å²) >= 11 is 3.74. The average Bonchev–Trinajstić information content (AvgIpc) is 3.76. The molecule has 0 spiro atoms. The van der Waals surface area contributed by atoms with Crippen molar-refractivity contribution < 1.29 is 0 Å². The van der Waals surface area contributed by atoms with Gasteiger partial charge >= 0.3 is 0 Å². The molecule has 0 saturated carbocycles. The highest BCUT2D eigenvalue weighted by molar-refractivity contribution is 7.26. The summed E-state index contributed by atoms with van der Waals surface area (Å²) in [6.07, 6.45) is 0. The molecule has 0 aliphatic carbocycles. The van der Waals surface area contributed by atoms with Crippen LogP contribution in [0.2, 0.25) is 0 Å². The van der Waals surface area contributed by atoms with Gasteiger partial charge < -0.3 is 4.57 Å². The van der Waals surface area contributed by atoms with Crippen LogP contribution in [-0.4, -0.2) is 4.57 Å². The zero-order valence-corrected chi connectivity index (χ0v) is 26.8. The number of para-hydroxylation sites is 1. The van der Waals surface area contributed by atoms with Gasteiger partial charge in [-0.05, 0) is 102 Å². The van der Waals surface area contributed by atoms with Crippen molar-refractivity contribution in [3.05, 3.63) is 151 Å². The number of rotatable bonds is 3. The second-order valence-electron chi connectivity index (χ2n) is 12.3. The van der Waals surface area contributed by atoms with Crippen LogP contribution in [0.15, 0.2) is 146 Å². The van der Waals surface area contributed by atoms with E-state index in [4.69, 9.17) is 0 Å². The van der Waals surface area contributed by atoms with E-state index in [1.165, 1.54) is 95.7 Å². The smallest absolute Gasteiger partial charge is 0.0541 e. The van der Waals surface area contributed by atoms with Gasteiger partial charge in [0.15, 0.2) is 0 Å². The zero-order chi connectivity index (χ0) is 30.4. The average molecular weight is 622 g/mol. The van der Waals surface area contributed by atoms with Gasteiger partial charge in [-0.1, -0.05) is 78.4 Å². The van der Waals surface area contributed by atoms with Crippen molar-refractivity contribution >= 4 is 84.8 Å². The Morgan fingerprint density at radius 1 is 0.370 bits per heavy atom. The van der Waals surface area contributed by atoms with Crippen LogP contribution in [0.4, 0.5) is 0 Å². The highest BCUT2D eigenvalue weighted by Gasteiger charge is 2.15. The molecule has 10 rings (SSSR count). The molecule has 0 bridgehead atoms. The Hall–Kier alpha value is -5.22. The predicted octanol–water partition coefficient (Wildman–Crippen LogP) is 13.2. The Labute approximate surface area is 274 Å². The lowest BCUT2D eigenvalue weighted by atomic mass is 9.97. The number of fused-ring (bicyclic) bond motifs is 9. The molecule has 0 N–H and O–H groups in total. The Bertz CT molecular complexity index is 2830. The number of aromatic nitrogens is 1. The molecule has 0 aliphatic rings. The molecule has 216 valence electrons. The van der Waals surface area contributed by atoms with Crippen molar-refractivity contribution in [2.24, 2.45) is 0 Å². The van der Waals surface area contributed by atoms with E-state index >= 15 is 0 Å². The van der Waals surface area contributed by atoms with Crippen LogP contribution in [0.5, 0.6) is 0 Å². The Kier molecular flexibility index (Phi) is 5.60. The molecule has 46 heavy (non-hydrogen) atoms. The Morgan fingerprint density at radius 3 is 1.70 bits per heavy atom. The van der Waals surface area contributed by atoms with Gasteiger partial charge in [-0.15, -0.1) is 22.7 Å². The molecule has 3 heteroatoms. The standard InChI is InChI=1S/C43H27NS2/c1-26-13-17-39-34(21-26)32-9-2-4-11-38(32)44(39)31-16-20-43-37(25-31)36-24-30(15-19-42(36)46-43)28-8-6-7-27(22-28)29-14-18-41-35(23-29)33-10-3-5-12-40(33)45-41/h2-25H,1H3. The van der Waals surface area contributed by atoms with Crippen LogP contribution < -0.4 is 0 Å². The molecule has 1 nitrogen and oxygen atoms in total. The minimum absolute atomic E-state index is 1.20. The van der Waals surface area contributed by atoms with Gasteiger partial charge in [-0.25, -0.2) is 0 Å². The summed E-state index contributed by atoms with van der Waals surface area (Å²) in [7, 11) is 0. The van der Waals surface area contributed by atoms with Gasteiger partial charge in [-0.3, -0.25) is 0 Å². The predicted molar refractivity (Wildman–Crippen MR) is 202 cm³/mol. The molecular weight excluding hydrogens is 595 g/mol. The Morgan fingerprint density at radius 2 is 0.935 bits per heavy atom. The number of thiophene rings is 2. The first-order valence-electron chi connectivity index (χ1n) is 15.7. The summed E-state index contributed by atoms with van der Waals surface area (Å²) in [4.78, 5) is 0. The number of hydrogen-bond donors (Lipinski definition) is 0. The number of benzene rings is 7. The molecule has 0 radical (unpaired) electrons. The number of hydrogen-bond acceptors (Lipinski definition) is 2. The van der Waals surface area contributed by atoms with Crippen molar-refractivity contribution in [3.63, 3.8) is 0 Å². The van der Waals surface area contributed by atoms with E-state index in [-0.39, 0.29) is 0 Å². The third kappa shape index (κ3) is 3.92. The molecule has 7 aromatic carbocycles. The van der Waals surface area contributed by atoms with E-state index in [0.29, 0.717) is 0 Å². The number of aryl methyl sites for hydroxylation is 1. The summed E-state index contributed by atoms with van der Waals surface area (Å²) in [6, 6.07) is 54.1. The molecule has 0 fully saturated rings. The maximum Gasteiger partial charge on any atom is 0.0541 e. The van der Waals surface area contributed by atoms with Crippen molar-refractivity contribution in [1.29, 1.82) is 0 Å². The number of nitrogens with zero attached hydrogens (tertiary/aromatic N) is 1. The maximum atomic E-state index is 2.42. The second-order valence-corrected chi connectivity index (χ2v) is 14.4. The van der Waals surface area contributed by atoms with E-state index in [9.17, 15) is 0 Å². The molecule has 0 amide bonds. The van der Waals surface area contributed by atoms with E-state index in [1.807, 2.05) is 22.7 Å². The summed E-state index contributed by atoms with van der Waals surface area (Å²) in [5.74, 6) is 0. The van der Waals surface area contributed by atoms with Crippen molar-refractivity contribution in [2.45, 2.75) is 6.92 Å². The maximum absolute atomic E-state index is 2.42. The van der Waals surface area contributed by atoms with Gasteiger partial charge in [0.05, 0.1) is 11.0 Å². The highest BCUT2D eigenvalue weighted by Crippen LogP contribution is 2.41. The first kappa shape index (κ1) is 26.0. The van der Waals surface area contributed by atoms with E-state index in [2.05, 4.69) is 157 Å². The van der Waals surface area contributed by atoms with Crippen LogP contribution in [-0.2, 0) is 0 Å². The summed E-state index contributed by atoms with van der Waals surface area (Å²) in [5, 5.41) is 7.90. The molecule has 10 aromatic rings. The van der Waals surface area contributed by atoms with Crippen molar-refractivity contribution in [3.8, 4) is 27.9 Å². The minimum atomic E-state index is 1.20. The van der Waals surface area contributed by atoms with Crippen LogP contribution in [0.3, 0.4) is 0 Å². The van der Waals surface area contributed by atoms with Crippen LogP contribution in [0.1, 0.15) is 5.56 Å². The Balaban J connectivity index is 1.11. The molecular formula is C43H27NS2. The van der Waals surface area contributed by atoms with Gasteiger partial charge in [0, 0.05) is 56.8 Å². The lowest BCUT2D eigenvalue weighted by molar-refractivity contribution is 1.19. The molecule has 0 saturated heterocycles. The van der Waals surface area contributed by atoms with Crippen molar-refractivity contribution in [2.75, 3.05) is 0 Å². The first-order valence-corrected chi connectivity index (χ1v) is 17.3. The van der Waals surface area contributed by atoms with Gasteiger partial charge in [0.1, 0.15) is 0 Å². The minimum Gasteiger partial charge on any atom is -0.309 e. The van der Waals surface area contributed by atoms with Crippen LogP contribution in [0, 0.1) is 6.92 Å². The fraction of sp³-hybridized carbons (Fsp3) is 0.0233. The summed E-state index contributed by atoms with van der Waals surface area (Å²) in [6.45, 7) is 2.17. The molecule has 0 atom stereocenters. The largest absolute Gasteiger partial charge is 0.309 e. The molecule has 0 aliphatic heterocycles. The van der Waals surface area contributed by atoms with E-state index in [1.54, 1.807) is 0 Å². The molecule has 3 aromatic heterocycles. The van der Waals surface area contributed by atoms with E-state index < -0.39 is 0 Å². The summed E-state index contributed by atoms with van der Waals surface area (Å²) < 4.78 is 7.74. The highest BCUT2D eigenvalue weighted by atomic mass is 32.1. The third-order valence-electron chi connectivity index (χ3n) is 9.45. The lowest BCUT2D eigenvalue weighted by Crippen LogP contribution is -1.93.